The number of nitrogens with zero attached hydrogens (tertiary/aromatic N) is 2. The molecule has 1 aromatic rings. The monoisotopic (exact) mass is 345 g/mol. The average Bonchev–Trinajstić information content (AvgIpc) is 2.62. The third-order valence-electron chi connectivity index (χ3n) is 4.36. The summed E-state index contributed by atoms with van der Waals surface area (Å²) in [6.45, 7) is 6.43. The molecule has 2 atom stereocenters. The maximum atomic E-state index is 12.7. The molecule has 7 nitrogen and oxygen atoms in total. The van der Waals surface area contributed by atoms with Gasteiger partial charge >= 0.3 is 5.97 Å². The van der Waals surface area contributed by atoms with Crippen molar-refractivity contribution in [2.75, 3.05) is 32.9 Å². The van der Waals surface area contributed by atoms with Gasteiger partial charge in [0, 0.05) is 13.1 Å². The Labute approximate surface area is 147 Å². The van der Waals surface area contributed by atoms with Crippen molar-refractivity contribution in [3.63, 3.8) is 0 Å². The summed E-state index contributed by atoms with van der Waals surface area (Å²) >= 11 is 0. The molecule has 1 amide bonds. The summed E-state index contributed by atoms with van der Waals surface area (Å²) in [5.74, 6) is -1.40. The van der Waals surface area contributed by atoms with E-state index in [4.69, 9.17) is 14.5 Å². The number of aryl methyl sites for hydroxylation is 1. The van der Waals surface area contributed by atoms with Crippen LogP contribution in [0.5, 0.6) is 0 Å². The van der Waals surface area contributed by atoms with E-state index in [1.165, 1.54) is 0 Å². The minimum absolute atomic E-state index is 0.225. The van der Waals surface area contributed by atoms with Crippen LogP contribution in [0.4, 0.5) is 0 Å². The number of carbonyl (C=O) groups is 2. The minimum atomic E-state index is -0.979. The summed E-state index contributed by atoms with van der Waals surface area (Å²) in [6, 6.07) is 7.13. The molecular weight excluding hydrogens is 322 g/mol. The van der Waals surface area contributed by atoms with E-state index < -0.39 is 17.9 Å². The van der Waals surface area contributed by atoms with E-state index in [1.54, 1.807) is 6.92 Å². The molecule has 0 bridgehead atoms. The molecule has 1 fully saturated rings. The Bertz CT molecular complexity index is 665. The summed E-state index contributed by atoms with van der Waals surface area (Å²) in [6.07, 6.45) is 0. The van der Waals surface area contributed by atoms with Gasteiger partial charge in [-0.2, -0.15) is 0 Å². The minimum Gasteiger partial charge on any atom is -0.465 e. The highest BCUT2D eigenvalue weighted by Crippen LogP contribution is 2.31. The zero-order valence-corrected chi connectivity index (χ0v) is 14.5. The second kappa shape index (κ2) is 7.65. The first-order valence-corrected chi connectivity index (χ1v) is 8.54. The van der Waals surface area contributed by atoms with E-state index in [1.807, 2.05) is 36.1 Å². The molecule has 2 aliphatic rings. The fraction of sp³-hybridized carbons (Fsp3) is 0.500. The van der Waals surface area contributed by atoms with Gasteiger partial charge in [0.05, 0.1) is 19.8 Å². The first-order chi connectivity index (χ1) is 12.1. The number of hydrogen-bond donors (Lipinski definition) is 1. The number of nitrogens with one attached hydrogen (secondary N) is 1. The Morgan fingerprint density at radius 2 is 2.00 bits per heavy atom. The van der Waals surface area contributed by atoms with Crippen molar-refractivity contribution < 1.29 is 19.1 Å². The predicted molar refractivity (Wildman–Crippen MR) is 92.0 cm³/mol. The quantitative estimate of drug-likeness (QED) is 0.654. The van der Waals surface area contributed by atoms with Gasteiger partial charge in [0.25, 0.3) is 0 Å². The smallest absolute Gasteiger partial charge is 0.321 e. The normalized spacial score (nSPS) is 23.7. The molecule has 7 heteroatoms. The number of esters is 1. The Hall–Kier alpha value is -2.41. The molecule has 1 aromatic carbocycles. The van der Waals surface area contributed by atoms with E-state index in [0.717, 1.165) is 11.1 Å². The molecule has 134 valence electrons. The fourth-order valence-electron chi connectivity index (χ4n) is 3.00. The van der Waals surface area contributed by atoms with Crippen LogP contribution in [0.15, 0.2) is 29.3 Å². The molecule has 25 heavy (non-hydrogen) atoms. The third-order valence-corrected chi connectivity index (χ3v) is 4.36. The lowest BCUT2D eigenvalue weighted by molar-refractivity contribution is -0.153. The Morgan fingerprint density at radius 1 is 1.32 bits per heavy atom. The van der Waals surface area contributed by atoms with E-state index >= 15 is 0 Å². The van der Waals surface area contributed by atoms with Crippen molar-refractivity contribution >= 4 is 17.8 Å². The zero-order chi connectivity index (χ0) is 17.8. The predicted octanol–water partition coefficient (Wildman–Crippen LogP) is 1.03. The number of hydrogen-bond acceptors (Lipinski definition) is 6. The first kappa shape index (κ1) is 17.4. The molecule has 0 aliphatic carbocycles. The lowest BCUT2D eigenvalue weighted by Gasteiger charge is -2.35. The number of morpholine rings is 1. The van der Waals surface area contributed by atoms with Crippen molar-refractivity contribution in [2.24, 2.45) is 10.9 Å². The van der Waals surface area contributed by atoms with Crippen LogP contribution in [-0.2, 0) is 19.1 Å². The van der Waals surface area contributed by atoms with Crippen LogP contribution in [0.25, 0.3) is 0 Å². The molecule has 0 saturated carbocycles. The summed E-state index contributed by atoms with van der Waals surface area (Å²) in [7, 11) is 0. The highest BCUT2D eigenvalue weighted by atomic mass is 16.5. The third kappa shape index (κ3) is 3.82. The van der Waals surface area contributed by atoms with Crippen LogP contribution in [0, 0.1) is 12.8 Å². The maximum Gasteiger partial charge on any atom is 0.321 e. The highest BCUT2D eigenvalue weighted by molar-refractivity contribution is 6.08. The number of rotatable bonds is 3. The number of aliphatic imine (C=N–C) groups is 1. The van der Waals surface area contributed by atoms with Crippen LogP contribution < -0.4 is 5.32 Å². The Kier molecular flexibility index (Phi) is 5.33. The molecule has 0 aromatic heterocycles. The lowest BCUT2D eigenvalue weighted by Crippen LogP contribution is -2.55. The second-order valence-electron chi connectivity index (χ2n) is 6.13. The van der Waals surface area contributed by atoms with Gasteiger partial charge in [-0.3, -0.25) is 14.9 Å². The van der Waals surface area contributed by atoms with Crippen molar-refractivity contribution in [3.05, 3.63) is 35.4 Å². The topological polar surface area (TPSA) is 80.2 Å². The molecule has 0 spiro atoms. The van der Waals surface area contributed by atoms with E-state index in [2.05, 4.69) is 5.32 Å². The lowest BCUT2D eigenvalue weighted by atomic mass is 9.91. The summed E-state index contributed by atoms with van der Waals surface area (Å²) in [5, 5.41) is 2.77. The molecule has 0 unspecified atom stereocenters. The van der Waals surface area contributed by atoms with Gasteiger partial charge in [0.15, 0.2) is 5.92 Å². The average molecular weight is 345 g/mol. The maximum absolute atomic E-state index is 12.7. The number of ether oxygens (including phenoxy) is 2. The van der Waals surface area contributed by atoms with Gasteiger partial charge in [-0.05, 0) is 19.4 Å². The van der Waals surface area contributed by atoms with Gasteiger partial charge in [-0.1, -0.05) is 29.8 Å². The molecule has 2 heterocycles. The van der Waals surface area contributed by atoms with Gasteiger partial charge in [-0.25, -0.2) is 4.99 Å². The van der Waals surface area contributed by atoms with E-state index in [9.17, 15) is 9.59 Å². The standard InChI is InChI=1S/C18H23N3O4/c1-3-25-17(23)14-15(13-6-4-12(2)5-7-13)19-18(20-16(14)22)21-8-10-24-11-9-21/h4-7,14-15H,3,8-11H2,1-2H3,(H,19,20,22)/t14-,15-/m1/s1. The van der Waals surface area contributed by atoms with Crippen LogP contribution in [-0.4, -0.2) is 55.6 Å². The largest absolute Gasteiger partial charge is 0.465 e. The van der Waals surface area contributed by atoms with E-state index in [0.29, 0.717) is 32.3 Å². The van der Waals surface area contributed by atoms with Gasteiger partial charge in [0.2, 0.25) is 11.9 Å². The first-order valence-electron chi connectivity index (χ1n) is 8.54. The molecule has 3 rings (SSSR count). The number of amides is 1. The van der Waals surface area contributed by atoms with Gasteiger partial charge < -0.3 is 14.4 Å². The van der Waals surface area contributed by atoms with Crippen LogP contribution in [0.1, 0.15) is 24.1 Å². The number of guanidine groups is 1. The summed E-state index contributed by atoms with van der Waals surface area (Å²) in [4.78, 5) is 31.7. The van der Waals surface area contributed by atoms with Crippen molar-refractivity contribution in [2.45, 2.75) is 19.9 Å². The van der Waals surface area contributed by atoms with Gasteiger partial charge in [0.1, 0.15) is 6.04 Å². The highest BCUT2D eigenvalue weighted by Gasteiger charge is 2.42. The summed E-state index contributed by atoms with van der Waals surface area (Å²) in [5.41, 5.74) is 1.93. The molecule has 2 aliphatic heterocycles. The van der Waals surface area contributed by atoms with Gasteiger partial charge in [-0.15, -0.1) is 0 Å². The van der Waals surface area contributed by atoms with Crippen molar-refractivity contribution in [1.82, 2.24) is 10.2 Å². The summed E-state index contributed by atoms with van der Waals surface area (Å²) < 4.78 is 10.5. The zero-order valence-electron chi connectivity index (χ0n) is 14.5. The van der Waals surface area contributed by atoms with Crippen LogP contribution >= 0.6 is 0 Å². The SMILES string of the molecule is CCOC(=O)[C@H]1C(=O)NC(N2CCOCC2)=N[C@@H]1c1ccc(C)cc1. The molecule has 1 N–H and O–H groups in total. The molecule has 1 saturated heterocycles. The van der Waals surface area contributed by atoms with Crippen molar-refractivity contribution in [1.29, 1.82) is 0 Å². The second-order valence-corrected chi connectivity index (χ2v) is 6.13. The molecular formula is C18H23N3O4. The van der Waals surface area contributed by atoms with Crippen molar-refractivity contribution in [3.8, 4) is 0 Å². The number of carbonyl (C=O) groups excluding carboxylic acids is 2. The fourth-order valence-corrected chi connectivity index (χ4v) is 3.00. The van der Waals surface area contributed by atoms with Crippen LogP contribution in [0.3, 0.4) is 0 Å². The van der Waals surface area contributed by atoms with Crippen LogP contribution in [0.2, 0.25) is 0 Å². The number of benzene rings is 1. The Balaban J connectivity index is 1.95. The molecule has 0 radical (unpaired) electrons. The van der Waals surface area contributed by atoms with E-state index in [-0.39, 0.29) is 12.5 Å². The Morgan fingerprint density at radius 3 is 2.64 bits per heavy atom.